The molecule has 3 rings (SSSR count). The fraction of sp³-hybridized carbons (Fsp3) is 0.0714. The largest absolute Gasteiger partial charge is 0.346 e. The van der Waals surface area contributed by atoms with E-state index in [4.69, 9.17) is 0 Å². The second kappa shape index (κ2) is 4.14. The average Bonchev–Trinajstić information content (AvgIpc) is 2.85. The highest BCUT2D eigenvalue weighted by Gasteiger charge is 2.07. The number of fused-ring (bicyclic) bond motifs is 1. The van der Waals surface area contributed by atoms with E-state index in [1.54, 1.807) is 6.07 Å². The molecule has 4 heteroatoms. The zero-order chi connectivity index (χ0) is 12.5. The second-order valence-electron chi connectivity index (χ2n) is 4.12. The van der Waals surface area contributed by atoms with Crippen molar-refractivity contribution in [1.29, 1.82) is 0 Å². The number of hydrogen-bond donors (Lipinski definition) is 1. The third kappa shape index (κ3) is 1.82. The van der Waals surface area contributed by atoms with Gasteiger partial charge in [0.05, 0.1) is 0 Å². The molecule has 0 unspecified atom stereocenters. The van der Waals surface area contributed by atoms with E-state index < -0.39 is 0 Å². The van der Waals surface area contributed by atoms with Crippen molar-refractivity contribution in [1.82, 2.24) is 9.97 Å². The third-order valence-corrected chi connectivity index (χ3v) is 2.93. The van der Waals surface area contributed by atoms with Gasteiger partial charge in [-0.3, -0.25) is 0 Å². The molecule has 0 fully saturated rings. The van der Waals surface area contributed by atoms with Crippen molar-refractivity contribution in [2.45, 2.75) is 0 Å². The highest BCUT2D eigenvalue weighted by molar-refractivity contribution is 5.78. The molecule has 1 aromatic carbocycles. The lowest BCUT2D eigenvalue weighted by molar-refractivity contribution is 0.628. The molecule has 2 aromatic heterocycles. The maximum absolute atomic E-state index is 13.2. The molecule has 0 saturated heterocycles. The molecular formula is C14H12FN3. The Morgan fingerprint density at radius 3 is 2.89 bits per heavy atom. The number of halogens is 1. The number of anilines is 2. The van der Waals surface area contributed by atoms with Crippen molar-refractivity contribution in [3.8, 4) is 0 Å². The summed E-state index contributed by atoms with van der Waals surface area (Å²) in [6.45, 7) is 0. The van der Waals surface area contributed by atoms with Crippen LogP contribution < -0.4 is 4.90 Å². The first-order valence-electron chi connectivity index (χ1n) is 5.67. The van der Waals surface area contributed by atoms with E-state index in [2.05, 4.69) is 9.97 Å². The van der Waals surface area contributed by atoms with Gasteiger partial charge in [-0.15, -0.1) is 0 Å². The normalized spacial score (nSPS) is 10.8. The molecule has 1 N–H and O–H groups in total. The number of pyridine rings is 1. The van der Waals surface area contributed by atoms with Crippen LogP contribution in [0.1, 0.15) is 0 Å². The van der Waals surface area contributed by atoms with E-state index in [0.717, 1.165) is 22.5 Å². The van der Waals surface area contributed by atoms with E-state index in [-0.39, 0.29) is 5.82 Å². The lowest BCUT2D eigenvalue weighted by atomic mass is 10.2. The molecule has 90 valence electrons. The molecule has 0 aliphatic heterocycles. The molecule has 0 aliphatic rings. The van der Waals surface area contributed by atoms with Gasteiger partial charge in [0.15, 0.2) is 0 Å². The highest BCUT2D eigenvalue weighted by atomic mass is 19.1. The maximum Gasteiger partial charge on any atom is 0.139 e. The van der Waals surface area contributed by atoms with Crippen molar-refractivity contribution in [2.24, 2.45) is 0 Å². The van der Waals surface area contributed by atoms with Gasteiger partial charge in [0, 0.05) is 24.3 Å². The minimum absolute atomic E-state index is 0.250. The van der Waals surface area contributed by atoms with Crippen LogP contribution in [0.3, 0.4) is 0 Å². The molecule has 0 radical (unpaired) electrons. The molecule has 3 nitrogen and oxygen atoms in total. The summed E-state index contributed by atoms with van der Waals surface area (Å²) >= 11 is 0. The summed E-state index contributed by atoms with van der Waals surface area (Å²) < 4.78 is 13.2. The average molecular weight is 241 g/mol. The minimum atomic E-state index is -0.250. The first-order chi connectivity index (χ1) is 8.74. The molecule has 0 saturated carbocycles. The third-order valence-electron chi connectivity index (χ3n) is 2.93. The standard InChI is InChI=1S/C14H12FN3/c1-18(12-4-2-3-11(15)9-12)13-6-5-10-7-8-16-14(10)17-13/h2-9H,1H3,(H,16,17). The SMILES string of the molecule is CN(c1cccc(F)c1)c1ccc2cc[nH]c2n1. The Bertz CT molecular complexity index is 690. The number of nitrogens with one attached hydrogen (secondary N) is 1. The molecule has 0 aliphatic carbocycles. The van der Waals surface area contributed by atoms with Crippen molar-refractivity contribution >= 4 is 22.5 Å². The van der Waals surface area contributed by atoms with Crippen LogP contribution in [0.2, 0.25) is 0 Å². The van der Waals surface area contributed by atoms with Gasteiger partial charge in [-0.25, -0.2) is 9.37 Å². The molecule has 0 atom stereocenters. The Kier molecular flexibility index (Phi) is 2.48. The Labute approximate surface area is 104 Å². The fourth-order valence-corrected chi connectivity index (χ4v) is 1.92. The van der Waals surface area contributed by atoms with Crippen LogP contribution in [0, 0.1) is 5.82 Å². The predicted molar refractivity (Wildman–Crippen MR) is 70.6 cm³/mol. The van der Waals surface area contributed by atoms with E-state index in [9.17, 15) is 4.39 Å². The summed E-state index contributed by atoms with van der Waals surface area (Å²) in [5.41, 5.74) is 1.60. The minimum Gasteiger partial charge on any atom is -0.346 e. The van der Waals surface area contributed by atoms with Gasteiger partial charge in [0.2, 0.25) is 0 Å². The lowest BCUT2D eigenvalue weighted by Crippen LogP contribution is -2.11. The maximum atomic E-state index is 13.2. The van der Waals surface area contributed by atoms with Crippen LogP contribution in [-0.4, -0.2) is 17.0 Å². The molecular weight excluding hydrogens is 229 g/mol. The summed E-state index contributed by atoms with van der Waals surface area (Å²) in [5.74, 6) is 0.524. The predicted octanol–water partition coefficient (Wildman–Crippen LogP) is 3.47. The van der Waals surface area contributed by atoms with Gasteiger partial charge < -0.3 is 9.88 Å². The first kappa shape index (κ1) is 10.8. The summed E-state index contributed by atoms with van der Waals surface area (Å²) in [4.78, 5) is 9.41. The summed E-state index contributed by atoms with van der Waals surface area (Å²) in [7, 11) is 1.87. The molecule has 0 bridgehead atoms. The number of nitrogens with zero attached hydrogens (tertiary/aromatic N) is 2. The molecule has 0 spiro atoms. The number of rotatable bonds is 2. The molecule has 2 heterocycles. The van der Waals surface area contributed by atoms with E-state index in [1.165, 1.54) is 12.1 Å². The highest BCUT2D eigenvalue weighted by Crippen LogP contribution is 2.23. The number of hydrogen-bond acceptors (Lipinski definition) is 2. The summed E-state index contributed by atoms with van der Waals surface area (Å²) in [5, 5.41) is 1.06. The number of benzene rings is 1. The van der Waals surface area contributed by atoms with Crippen molar-refractivity contribution < 1.29 is 4.39 Å². The smallest absolute Gasteiger partial charge is 0.139 e. The van der Waals surface area contributed by atoms with E-state index in [0.29, 0.717) is 0 Å². The van der Waals surface area contributed by atoms with Crippen LogP contribution >= 0.6 is 0 Å². The first-order valence-corrected chi connectivity index (χ1v) is 5.67. The molecule has 18 heavy (non-hydrogen) atoms. The fourth-order valence-electron chi connectivity index (χ4n) is 1.92. The Morgan fingerprint density at radius 2 is 2.06 bits per heavy atom. The lowest BCUT2D eigenvalue weighted by Gasteiger charge is -2.18. The van der Waals surface area contributed by atoms with Crippen molar-refractivity contribution in [3.63, 3.8) is 0 Å². The molecule has 0 amide bonds. The topological polar surface area (TPSA) is 31.9 Å². The molecule has 3 aromatic rings. The van der Waals surface area contributed by atoms with Gasteiger partial charge in [-0.2, -0.15) is 0 Å². The monoisotopic (exact) mass is 241 g/mol. The number of aromatic nitrogens is 2. The van der Waals surface area contributed by atoms with Crippen LogP contribution in [0.4, 0.5) is 15.9 Å². The van der Waals surface area contributed by atoms with Crippen molar-refractivity contribution in [2.75, 3.05) is 11.9 Å². The summed E-state index contributed by atoms with van der Waals surface area (Å²) in [6.07, 6.45) is 1.85. The zero-order valence-corrected chi connectivity index (χ0v) is 9.89. The van der Waals surface area contributed by atoms with Gasteiger partial charge in [-0.05, 0) is 36.4 Å². The number of aromatic amines is 1. The van der Waals surface area contributed by atoms with E-state index in [1.807, 2.05) is 42.4 Å². The Balaban J connectivity index is 2.02. The van der Waals surface area contributed by atoms with Crippen LogP contribution in [0.25, 0.3) is 11.0 Å². The quantitative estimate of drug-likeness (QED) is 0.745. The summed E-state index contributed by atoms with van der Waals surface area (Å²) in [6, 6.07) is 12.3. The number of H-pyrrole nitrogens is 1. The Hall–Kier alpha value is -2.36. The second-order valence-corrected chi connectivity index (χ2v) is 4.12. The van der Waals surface area contributed by atoms with Gasteiger partial charge >= 0.3 is 0 Å². The van der Waals surface area contributed by atoms with Gasteiger partial charge in [-0.1, -0.05) is 6.07 Å². The van der Waals surface area contributed by atoms with Crippen molar-refractivity contribution in [3.05, 3.63) is 54.5 Å². The van der Waals surface area contributed by atoms with Gasteiger partial charge in [0.25, 0.3) is 0 Å². The van der Waals surface area contributed by atoms with Crippen LogP contribution in [0.15, 0.2) is 48.7 Å². The Morgan fingerprint density at radius 1 is 1.17 bits per heavy atom. The van der Waals surface area contributed by atoms with Gasteiger partial charge in [0.1, 0.15) is 17.3 Å². The van der Waals surface area contributed by atoms with Crippen LogP contribution in [-0.2, 0) is 0 Å². The van der Waals surface area contributed by atoms with E-state index >= 15 is 0 Å². The van der Waals surface area contributed by atoms with Crippen LogP contribution in [0.5, 0.6) is 0 Å². The zero-order valence-electron chi connectivity index (χ0n) is 9.89.